The molecule has 0 bridgehead atoms. The summed E-state index contributed by atoms with van der Waals surface area (Å²) < 4.78 is 25.0. The molecule has 0 fully saturated rings. The molecule has 0 aliphatic heterocycles. The summed E-state index contributed by atoms with van der Waals surface area (Å²) in [4.78, 5) is -0.0454. The number of nitrogens with two attached hydrogens (primary N) is 1. The highest BCUT2D eigenvalue weighted by atomic mass is 35.5. The van der Waals surface area contributed by atoms with Crippen molar-refractivity contribution in [2.24, 2.45) is 0 Å². The fourth-order valence-electron chi connectivity index (χ4n) is 1.16. The maximum absolute atomic E-state index is 12.0. The fraction of sp³-hybridized carbons (Fsp3) is 0.333. The minimum Gasteiger partial charge on any atom is -0.398 e. The minimum atomic E-state index is -3.69. The molecule has 0 heterocycles. The summed E-state index contributed by atoms with van der Waals surface area (Å²) in [6.45, 7) is -0.246. The second-order valence-electron chi connectivity index (χ2n) is 3.23. The van der Waals surface area contributed by atoms with Gasteiger partial charge in [-0.15, -0.1) is 0 Å². The molecule has 0 unspecified atom stereocenters. The Balaban J connectivity index is 3.21. The van der Waals surface area contributed by atoms with Crippen LogP contribution in [-0.2, 0) is 10.0 Å². The first-order valence-corrected chi connectivity index (χ1v) is 6.33. The Morgan fingerprint density at radius 3 is 2.69 bits per heavy atom. The van der Waals surface area contributed by atoms with Gasteiger partial charge in [0.15, 0.2) is 0 Å². The van der Waals surface area contributed by atoms with Gasteiger partial charge in [-0.1, -0.05) is 11.6 Å². The molecule has 0 radical (unpaired) electrons. The molecule has 1 aromatic carbocycles. The highest BCUT2D eigenvalue weighted by molar-refractivity contribution is 7.89. The quantitative estimate of drug-likeness (QED) is 0.778. The van der Waals surface area contributed by atoms with Gasteiger partial charge in [-0.25, -0.2) is 8.42 Å². The third-order valence-electron chi connectivity index (χ3n) is 2.08. The number of aliphatic hydroxyl groups is 1. The van der Waals surface area contributed by atoms with Crippen molar-refractivity contribution < 1.29 is 13.5 Å². The molecular formula is C9H13ClN2O3S. The molecule has 0 aliphatic rings. The lowest BCUT2D eigenvalue weighted by atomic mass is 10.3. The van der Waals surface area contributed by atoms with E-state index in [1.165, 1.54) is 25.2 Å². The molecule has 3 N–H and O–H groups in total. The van der Waals surface area contributed by atoms with Gasteiger partial charge in [-0.3, -0.25) is 0 Å². The number of hydrogen-bond acceptors (Lipinski definition) is 4. The third-order valence-corrected chi connectivity index (χ3v) is 4.23. The lowest BCUT2D eigenvalue weighted by Crippen LogP contribution is -2.30. The number of hydrogen-bond donors (Lipinski definition) is 2. The average Bonchev–Trinajstić information content (AvgIpc) is 2.22. The summed E-state index contributed by atoms with van der Waals surface area (Å²) >= 11 is 5.72. The van der Waals surface area contributed by atoms with E-state index >= 15 is 0 Å². The average molecular weight is 265 g/mol. The molecule has 0 spiro atoms. The number of anilines is 1. The van der Waals surface area contributed by atoms with Crippen LogP contribution in [0.25, 0.3) is 0 Å². The van der Waals surface area contributed by atoms with Gasteiger partial charge in [0.1, 0.15) is 4.90 Å². The molecule has 7 heteroatoms. The van der Waals surface area contributed by atoms with E-state index in [2.05, 4.69) is 0 Å². The second kappa shape index (κ2) is 5.01. The van der Waals surface area contributed by atoms with E-state index in [0.717, 1.165) is 4.31 Å². The van der Waals surface area contributed by atoms with Crippen LogP contribution in [0.5, 0.6) is 0 Å². The van der Waals surface area contributed by atoms with Crippen molar-refractivity contribution in [1.82, 2.24) is 4.31 Å². The minimum absolute atomic E-state index is 0.00822. The van der Waals surface area contributed by atoms with E-state index in [0.29, 0.717) is 5.02 Å². The standard InChI is InChI=1S/C9H13ClN2O3S/c1-12(4-5-13)16(14,15)9-6-7(10)2-3-8(9)11/h2-3,6,13H,4-5,11H2,1H3. The molecule has 0 amide bonds. The topological polar surface area (TPSA) is 83.6 Å². The third kappa shape index (κ3) is 2.65. The number of sulfonamides is 1. The molecule has 0 atom stereocenters. The van der Waals surface area contributed by atoms with Gasteiger partial charge in [0.05, 0.1) is 12.3 Å². The molecule has 5 nitrogen and oxygen atoms in total. The molecular weight excluding hydrogens is 252 g/mol. The SMILES string of the molecule is CN(CCO)S(=O)(=O)c1cc(Cl)ccc1N. The van der Waals surface area contributed by atoms with E-state index in [4.69, 9.17) is 22.4 Å². The fourth-order valence-corrected chi connectivity index (χ4v) is 2.70. The van der Waals surface area contributed by atoms with E-state index in [9.17, 15) is 8.42 Å². The van der Waals surface area contributed by atoms with Gasteiger partial charge in [-0.2, -0.15) is 4.31 Å². The molecule has 1 rings (SSSR count). The summed E-state index contributed by atoms with van der Waals surface area (Å²) in [7, 11) is -2.32. The highest BCUT2D eigenvalue weighted by Crippen LogP contribution is 2.24. The first kappa shape index (κ1) is 13.2. The molecule has 16 heavy (non-hydrogen) atoms. The smallest absolute Gasteiger partial charge is 0.244 e. The lowest BCUT2D eigenvalue weighted by Gasteiger charge is -2.17. The molecule has 90 valence electrons. The molecule has 0 aliphatic carbocycles. The number of halogens is 1. The maximum atomic E-state index is 12.0. The van der Waals surface area contributed by atoms with Crippen molar-refractivity contribution in [1.29, 1.82) is 0 Å². The van der Waals surface area contributed by atoms with Crippen molar-refractivity contribution >= 4 is 27.3 Å². The first-order valence-electron chi connectivity index (χ1n) is 4.52. The Kier molecular flexibility index (Phi) is 4.15. The van der Waals surface area contributed by atoms with Crippen LogP contribution in [-0.4, -0.2) is 38.0 Å². The lowest BCUT2D eigenvalue weighted by molar-refractivity contribution is 0.266. The van der Waals surface area contributed by atoms with E-state index < -0.39 is 10.0 Å². The van der Waals surface area contributed by atoms with E-state index in [1.54, 1.807) is 0 Å². The van der Waals surface area contributed by atoms with E-state index in [1.807, 2.05) is 0 Å². The van der Waals surface area contributed by atoms with Crippen LogP contribution in [0.15, 0.2) is 23.1 Å². The van der Waals surface area contributed by atoms with Crippen molar-refractivity contribution in [3.8, 4) is 0 Å². The van der Waals surface area contributed by atoms with Gasteiger partial charge < -0.3 is 10.8 Å². The van der Waals surface area contributed by atoms with Gasteiger partial charge >= 0.3 is 0 Å². The predicted molar refractivity (Wildman–Crippen MR) is 62.8 cm³/mol. The van der Waals surface area contributed by atoms with Crippen LogP contribution in [0.3, 0.4) is 0 Å². The second-order valence-corrected chi connectivity index (χ2v) is 5.68. The van der Waals surface area contributed by atoms with Crippen molar-refractivity contribution in [3.05, 3.63) is 23.2 Å². The van der Waals surface area contributed by atoms with Crippen molar-refractivity contribution in [2.75, 3.05) is 25.9 Å². The zero-order chi connectivity index (χ0) is 12.3. The Morgan fingerprint density at radius 1 is 1.50 bits per heavy atom. The van der Waals surface area contributed by atoms with Crippen LogP contribution in [0.2, 0.25) is 5.02 Å². The number of nitrogen functional groups attached to an aromatic ring is 1. The Hall–Kier alpha value is -0.820. The normalized spacial score (nSPS) is 12.0. The van der Waals surface area contributed by atoms with Crippen LogP contribution < -0.4 is 5.73 Å². The molecule has 1 aromatic rings. The monoisotopic (exact) mass is 264 g/mol. The molecule has 0 saturated heterocycles. The first-order chi connectivity index (χ1) is 7.39. The number of likely N-dealkylation sites (N-methyl/N-ethyl adjacent to an activating group) is 1. The summed E-state index contributed by atoms with van der Waals surface area (Å²) in [6, 6.07) is 4.24. The summed E-state index contributed by atoms with van der Waals surface area (Å²) in [5.41, 5.74) is 5.72. The van der Waals surface area contributed by atoms with Crippen LogP contribution in [0.1, 0.15) is 0 Å². The zero-order valence-corrected chi connectivity index (χ0v) is 10.3. The number of benzene rings is 1. The molecule has 0 saturated carbocycles. The summed E-state index contributed by atoms with van der Waals surface area (Å²) in [5, 5.41) is 9.00. The summed E-state index contributed by atoms with van der Waals surface area (Å²) in [5.74, 6) is 0. The maximum Gasteiger partial charge on any atom is 0.244 e. The van der Waals surface area contributed by atoms with Crippen LogP contribution in [0.4, 0.5) is 5.69 Å². The Labute approximate surface area is 99.5 Å². The van der Waals surface area contributed by atoms with Gasteiger partial charge in [-0.05, 0) is 18.2 Å². The highest BCUT2D eigenvalue weighted by Gasteiger charge is 2.22. The van der Waals surface area contributed by atoms with Gasteiger partial charge in [0, 0.05) is 18.6 Å². The van der Waals surface area contributed by atoms with Crippen molar-refractivity contribution in [2.45, 2.75) is 4.90 Å². The van der Waals surface area contributed by atoms with E-state index in [-0.39, 0.29) is 23.7 Å². The largest absolute Gasteiger partial charge is 0.398 e. The Morgan fingerprint density at radius 2 is 2.12 bits per heavy atom. The van der Waals surface area contributed by atoms with Gasteiger partial charge in [0.25, 0.3) is 0 Å². The van der Waals surface area contributed by atoms with Crippen molar-refractivity contribution in [3.63, 3.8) is 0 Å². The Bertz CT molecular complexity index is 476. The van der Waals surface area contributed by atoms with Gasteiger partial charge in [0.2, 0.25) is 10.0 Å². The molecule has 0 aromatic heterocycles. The number of aliphatic hydroxyl groups excluding tert-OH is 1. The summed E-state index contributed by atoms with van der Waals surface area (Å²) in [6.07, 6.45) is 0. The zero-order valence-electron chi connectivity index (χ0n) is 8.72. The van der Waals surface area contributed by atoms with Crippen LogP contribution in [0, 0.1) is 0 Å². The number of nitrogens with zero attached hydrogens (tertiary/aromatic N) is 1. The number of rotatable bonds is 4. The van der Waals surface area contributed by atoms with Crippen LogP contribution >= 0.6 is 11.6 Å². The predicted octanol–water partition coefficient (Wildman–Crippen LogP) is 0.535.